The highest BCUT2D eigenvalue weighted by molar-refractivity contribution is 9.10. The van der Waals surface area contributed by atoms with E-state index in [0.717, 1.165) is 36.3 Å². The van der Waals surface area contributed by atoms with E-state index in [1.807, 2.05) is 6.92 Å². The first-order valence-corrected chi connectivity index (χ1v) is 7.79. The number of para-hydroxylation sites is 2. The minimum absolute atomic E-state index is 0.883. The van der Waals surface area contributed by atoms with E-state index in [9.17, 15) is 0 Å². The second kappa shape index (κ2) is 5.48. The first kappa shape index (κ1) is 13.5. The summed E-state index contributed by atoms with van der Waals surface area (Å²) in [5.74, 6) is 0. The summed E-state index contributed by atoms with van der Waals surface area (Å²) in [6.45, 7) is 7.95. The highest BCUT2D eigenvalue weighted by Gasteiger charge is 2.20. The van der Waals surface area contributed by atoms with E-state index >= 15 is 0 Å². The molecule has 0 saturated heterocycles. The zero-order valence-corrected chi connectivity index (χ0v) is 13.4. The van der Waals surface area contributed by atoms with Crippen LogP contribution in [0.5, 0.6) is 0 Å². The maximum Gasteiger partial charge on any atom is 0.0739 e. The Kier molecular flexibility index (Phi) is 3.70. The highest BCUT2D eigenvalue weighted by Crippen LogP contribution is 2.31. The standard InChI is InChI=1S/C15H19BrN4/c1-3-20-14(15(16)11(2)18-20)10-19-9-8-17-12-6-4-5-7-13(12)19/h4-7,17H,3,8-10H2,1-2H3. The molecule has 0 aliphatic carbocycles. The van der Waals surface area contributed by atoms with Crippen molar-refractivity contribution in [1.29, 1.82) is 0 Å². The van der Waals surface area contributed by atoms with E-state index in [1.54, 1.807) is 0 Å². The van der Waals surface area contributed by atoms with Crippen LogP contribution >= 0.6 is 15.9 Å². The summed E-state index contributed by atoms with van der Waals surface area (Å²) < 4.78 is 3.22. The Morgan fingerprint density at radius 1 is 1.35 bits per heavy atom. The Balaban J connectivity index is 1.93. The SMILES string of the molecule is CCn1nc(C)c(Br)c1CN1CCNc2ccccc21. The van der Waals surface area contributed by atoms with Crippen LogP contribution in [0.25, 0.3) is 0 Å². The normalized spacial score (nSPS) is 14.1. The second-order valence-corrected chi connectivity index (χ2v) is 5.82. The fraction of sp³-hybridized carbons (Fsp3) is 0.400. The number of nitrogens with one attached hydrogen (secondary N) is 1. The Hall–Kier alpha value is -1.49. The third-order valence-corrected chi connectivity index (χ3v) is 4.77. The van der Waals surface area contributed by atoms with Gasteiger partial charge in [-0.25, -0.2) is 0 Å². The molecule has 2 heterocycles. The third kappa shape index (κ3) is 2.30. The van der Waals surface area contributed by atoms with E-state index in [1.165, 1.54) is 17.1 Å². The minimum atomic E-state index is 0.883. The van der Waals surface area contributed by atoms with Crippen molar-refractivity contribution in [2.45, 2.75) is 26.9 Å². The predicted molar refractivity (Wildman–Crippen MR) is 86.3 cm³/mol. The van der Waals surface area contributed by atoms with Crippen molar-refractivity contribution in [3.8, 4) is 0 Å². The fourth-order valence-electron chi connectivity index (χ4n) is 2.71. The minimum Gasteiger partial charge on any atom is -0.382 e. The Labute approximate surface area is 127 Å². The van der Waals surface area contributed by atoms with Crippen molar-refractivity contribution in [2.75, 3.05) is 23.3 Å². The molecule has 0 unspecified atom stereocenters. The van der Waals surface area contributed by atoms with Crippen LogP contribution in [0, 0.1) is 6.92 Å². The molecule has 0 bridgehead atoms. The molecule has 0 amide bonds. The smallest absolute Gasteiger partial charge is 0.0739 e. The maximum absolute atomic E-state index is 4.58. The molecule has 4 nitrogen and oxygen atoms in total. The summed E-state index contributed by atoms with van der Waals surface area (Å²) >= 11 is 3.68. The molecule has 0 atom stereocenters. The third-order valence-electron chi connectivity index (χ3n) is 3.74. The van der Waals surface area contributed by atoms with Crippen molar-refractivity contribution >= 4 is 27.3 Å². The molecule has 0 spiro atoms. The van der Waals surface area contributed by atoms with Gasteiger partial charge in [0.05, 0.1) is 33.8 Å². The lowest BCUT2D eigenvalue weighted by molar-refractivity contribution is 0.604. The van der Waals surface area contributed by atoms with E-state index in [-0.39, 0.29) is 0 Å². The van der Waals surface area contributed by atoms with Crippen LogP contribution < -0.4 is 10.2 Å². The number of hydrogen-bond donors (Lipinski definition) is 1. The van der Waals surface area contributed by atoms with E-state index in [4.69, 9.17) is 0 Å². The number of fused-ring (bicyclic) bond motifs is 1. The Bertz CT molecular complexity index is 620. The van der Waals surface area contributed by atoms with Gasteiger partial charge in [0.15, 0.2) is 0 Å². The summed E-state index contributed by atoms with van der Waals surface area (Å²) in [4.78, 5) is 2.42. The number of rotatable bonds is 3. The lowest BCUT2D eigenvalue weighted by Crippen LogP contribution is -2.34. The molecule has 1 aromatic carbocycles. The number of nitrogens with zero attached hydrogens (tertiary/aromatic N) is 3. The highest BCUT2D eigenvalue weighted by atomic mass is 79.9. The van der Waals surface area contributed by atoms with Crippen molar-refractivity contribution in [3.63, 3.8) is 0 Å². The quantitative estimate of drug-likeness (QED) is 0.933. The van der Waals surface area contributed by atoms with Gasteiger partial charge in [0.1, 0.15) is 0 Å². The molecule has 20 heavy (non-hydrogen) atoms. The zero-order valence-electron chi connectivity index (χ0n) is 11.9. The first-order valence-electron chi connectivity index (χ1n) is 7.00. The van der Waals surface area contributed by atoms with Gasteiger partial charge in [-0.15, -0.1) is 0 Å². The van der Waals surface area contributed by atoms with Crippen LogP contribution in [-0.2, 0) is 13.1 Å². The van der Waals surface area contributed by atoms with Crippen molar-refractivity contribution in [2.24, 2.45) is 0 Å². The average Bonchev–Trinajstić information content (AvgIpc) is 2.75. The molecule has 2 aromatic rings. The van der Waals surface area contributed by atoms with Gasteiger partial charge in [-0.05, 0) is 41.9 Å². The lowest BCUT2D eigenvalue weighted by atomic mass is 10.2. The van der Waals surface area contributed by atoms with Crippen LogP contribution in [-0.4, -0.2) is 22.9 Å². The van der Waals surface area contributed by atoms with Gasteiger partial charge in [0.2, 0.25) is 0 Å². The summed E-state index contributed by atoms with van der Waals surface area (Å²) in [5.41, 5.74) is 4.80. The number of aryl methyl sites for hydroxylation is 2. The molecule has 1 aromatic heterocycles. The second-order valence-electron chi connectivity index (χ2n) is 5.03. The lowest BCUT2D eigenvalue weighted by Gasteiger charge is -2.32. The number of benzene rings is 1. The number of hydrogen-bond acceptors (Lipinski definition) is 3. The van der Waals surface area contributed by atoms with Gasteiger partial charge in [-0.2, -0.15) is 5.10 Å². The fourth-order valence-corrected chi connectivity index (χ4v) is 3.12. The van der Waals surface area contributed by atoms with Gasteiger partial charge in [-0.3, -0.25) is 4.68 Å². The molecule has 1 N–H and O–H groups in total. The molecule has 106 valence electrons. The molecule has 1 aliphatic rings. The zero-order chi connectivity index (χ0) is 14.1. The molecule has 1 aliphatic heterocycles. The van der Waals surface area contributed by atoms with Crippen LogP contribution in [0.4, 0.5) is 11.4 Å². The molecule has 5 heteroatoms. The maximum atomic E-state index is 4.58. The number of halogens is 1. The number of anilines is 2. The van der Waals surface area contributed by atoms with Gasteiger partial charge < -0.3 is 10.2 Å². The molecule has 0 radical (unpaired) electrons. The van der Waals surface area contributed by atoms with E-state index in [0.29, 0.717) is 0 Å². The summed E-state index contributed by atoms with van der Waals surface area (Å²) in [5, 5.41) is 8.03. The van der Waals surface area contributed by atoms with Gasteiger partial charge in [0, 0.05) is 19.6 Å². The van der Waals surface area contributed by atoms with Crippen LogP contribution in [0.1, 0.15) is 18.3 Å². The predicted octanol–water partition coefficient (Wildman–Crippen LogP) is 3.41. The summed E-state index contributed by atoms with van der Waals surface area (Å²) in [6, 6.07) is 8.48. The molecule has 3 rings (SSSR count). The van der Waals surface area contributed by atoms with Gasteiger partial charge in [0.25, 0.3) is 0 Å². The van der Waals surface area contributed by atoms with E-state index in [2.05, 4.69) is 67.1 Å². The molecule has 0 fully saturated rings. The molecular weight excluding hydrogens is 316 g/mol. The van der Waals surface area contributed by atoms with Crippen molar-refractivity contribution < 1.29 is 0 Å². The van der Waals surface area contributed by atoms with Gasteiger partial charge in [-0.1, -0.05) is 12.1 Å². The Morgan fingerprint density at radius 3 is 2.95 bits per heavy atom. The summed E-state index contributed by atoms with van der Waals surface area (Å²) in [6.07, 6.45) is 0. The van der Waals surface area contributed by atoms with E-state index < -0.39 is 0 Å². The molecular formula is C15H19BrN4. The van der Waals surface area contributed by atoms with Crippen molar-refractivity contribution in [3.05, 3.63) is 40.1 Å². The van der Waals surface area contributed by atoms with Crippen LogP contribution in [0.15, 0.2) is 28.7 Å². The van der Waals surface area contributed by atoms with Crippen LogP contribution in [0.3, 0.4) is 0 Å². The molecule has 0 saturated carbocycles. The monoisotopic (exact) mass is 334 g/mol. The Morgan fingerprint density at radius 2 is 2.15 bits per heavy atom. The van der Waals surface area contributed by atoms with Crippen LogP contribution in [0.2, 0.25) is 0 Å². The first-order chi connectivity index (χ1) is 9.70. The largest absolute Gasteiger partial charge is 0.382 e. The summed E-state index contributed by atoms with van der Waals surface area (Å²) in [7, 11) is 0. The topological polar surface area (TPSA) is 33.1 Å². The number of aromatic nitrogens is 2. The van der Waals surface area contributed by atoms with Crippen molar-refractivity contribution in [1.82, 2.24) is 9.78 Å². The van der Waals surface area contributed by atoms with Gasteiger partial charge >= 0.3 is 0 Å². The average molecular weight is 335 g/mol.